The van der Waals surface area contributed by atoms with Gasteiger partial charge < -0.3 is 10.7 Å². The van der Waals surface area contributed by atoms with Gasteiger partial charge in [0.1, 0.15) is 10.7 Å². The van der Waals surface area contributed by atoms with E-state index < -0.39 is 0 Å². The van der Waals surface area contributed by atoms with E-state index in [0.717, 1.165) is 35.9 Å². The highest BCUT2D eigenvalue weighted by Crippen LogP contribution is 2.33. The standard InChI is InChI=1S/C17H22N4OS2/c18-17(19-10-5-1-2-6-10)23-9-13-20-15(22)14-11-7-3-4-8-12(11)24-16(14)21-13/h10H,1-9H2,(H2,18,19)(H,20,21,22). The van der Waals surface area contributed by atoms with Gasteiger partial charge in [0.15, 0.2) is 5.17 Å². The number of nitrogens with two attached hydrogens (primary N) is 1. The molecule has 0 unspecified atom stereocenters. The number of nitrogens with one attached hydrogen (secondary N) is 1. The van der Waals surface area contributed by atoms with Gasteiger partial charge in [-0.2, -0.15) is 0 Å². The van der Waals surface area contributed by atoms with Gasteiger partial charge in [0, 0.05) is 4.88 Å². The summed E-state index contributed by atoms with van der Waals surface area (Å²) in [5.41, 5.74) is 7.26. The normalized spacial score (nSPS) is 19.1. The molecule has 0 radical (unpaired) electrons. The third-order valence-electron chi connectivity index (χ3n) is 4.87. The zero-order chi connectivity index (χ0) is 16.5. The van der Waals surface area contributed by atoms with Crippen LogP contribution in [0.25, 0.3) is 10.2 Å². The molecule has 128 valence electrons. The Morgan fingerprint density at radius 1 is 1.29 bits per heavy atom. The number of hydrogen-bond acceptors (Lipinski definition) is 5. The lowest BCUT2D eigenvalue weighted by Crippen LogP contribution is -2.15. The highest BCUT2D eigenvalue weighted by Gasteiger charge is 2.20. The first kappa shape index (κ1) is 16.1. The zero-order valence-corrected chi connectivity index (χ0v) is 15.3. The minimum Gasteiger partial charge on any atom is -0.379 e. The molecule has 7 heteroatoms. The molecule has 2 aliphatic rings. The average Bonchev–Trinajstić information content (AvgIpc) is 3.19. The fourth-order valence-corrected chi connectivity index (χ4v) is 5.60. The quantitative estimate of drug-likeness (QED) is 0.648. The molecule has 3 N–H and O–H groups in total. The van der Waals surface area contributed by atoms with Crippen LogP contribution < -0.4 is 11.3 Å². The molecule has 5 nitrogen and oxygen atoms in total. The predicted molar refractivity (Wildman–Crippen MR) is 102 cm³/mol. The lowest BCUT2D eigenvalue weighted by molar-refractivity contribution is 0.700. The summed E-state index contributed by atoms with van der Waals surface area (Å²) >= 11 is 3.15. The van der Waals surface area contributed by atoms with E-state index in [1.807, 2.05) is 0 Å². The fraction of sp³-hybridized carbons (Fsp3) is 0.588. The van der Waals surface area contributed by atoms with Gasteiger partial charge in [-0.15, -0.1) is 11.3 Å². The lowest BCUT2D eigenvalue weighted by atomic mass is 9.97. The predicted octanol–water partition coefficient (Wildman–Crippen LogP) is 3.35. The minimum atomic E-state index is 0.00121. The largest absolute Gasteiger partial charge is 0.379 e. The highest BCUT2D eigenvalue weighted by molar-refractivity contribution is 8.13. The molecule has 2 aliphatic carbocycles. The summed E-state index contributed by atoms with van der Waals surface area (Å²) < 4.78 is 0. The van der Waals surface area contributed by atoms with E-state index in [9.17, 15) is 4.79 Å². The first-order chi connectivity index (χ1) is 11.7. The van der Waals surface area contributed by atoms with Crippen molar-refractivity contribution in [2.45, 2.75) is 63.2 Å². The van der Waals surface area contributed by atoms with E-state index in [0.29, 0.717) is 22.8 Å². The molecule has 0 amide bonds. The summed E-state index contributed by atoms with van der Waals surface area (Å²) in [4.78, 5) is 26.9. The van der Waals surface area contributed by atoms with E-state index in [4.69, 9.17) is 5.73 Å². The Kier molecular flexibility index (Phi) is 4.63. The number of thioether (sulfide) groups is 1. The van der Waals surface area contributed by atoms with Crippen molar-refractivity contribution in [1.29, 1.82) is 0 Å². The summed E-state index contributed by atoms with van der Waals surface area (Å²) in [5.74, 6) is 1.26. The van der Waals surface area contributed by atoms with Crippen LogP contribution in [0.1, 0.15) is 54.8 Å². The monoisotopic (exact) mass is 362 g/mol. The maximum Gasteiger partial charge on any atom is 0.259 e. The molecule has 2 aromatic rings. The lowest BCUT2D eigenvalue weighted by Gasteiger charge is -2.09. The molecule has 0 saturated heterocycles. The first-order valence-corrected chi connectivity index (χ1v) is 10.5. The zero-order valence-electron chi connectivity index (χ0n) is 13.6. The Hall–Kier alpha value is -1.34. The highest BCUT2D eigenvalue weighted by atomic mass is 32.2. The van der Waals surface area contributed by atoms with Crippen LogP contribution >= 0.6 is 23.1 Å². The maximum absolute atomic E-state index is 12.5. The molecule has 0 spiro atoms. The second-order valence-electron chi connectivity index (χ2n) is 6.60. The number of aliphatic imine (C=N–C) groups is 1. The van der Waals surface area contributed by atoms with Gasteiger partial charge in [0.05, 0.1) is 17.2 Å². The van der Waals surface area contributed by atoms with Crippen molar-refractivity contribution >= 4 is 38.5 Å². The number of aryl methyl sites for hydroxylation is 2. The van der Waals surface area contributed by atoms with Crippen molar-refractivity contribution in [1.82, 2.24) is 9.97 Å². The Morgan fingerprint density at radius 2 is 2.08 bits per heavy atom. The smallest absolute Gasteiger partial charge is 0.259 e. The van der Waals surface area contributed by atoms with Crippen molar-refractivity contribution in [2.75, 3.05) is 0 Å². The van der Waals surface area contributed by atoms with Crippen LogP contribution in [0.3, 0.4) is 0 Å². The van der Waals surface area contributed by atoms with Crippen molar-refractivity contribution in [3.8, 4) is 0 Å². The molecule has 2 heterocycles. The van der Waals surface area contributed by atoms with Crippen LogP contribution in [-0.2, 0) is 18.6 Å². The third-order valence-corrected chi connectivity index (χ3v) is 6.87. The van der Waals surface area contributed by atoms with E-state index in [-0.39, 0.29) is 5.56 Å². The van der Waals surface area contributed by atoms with Gasteiger partial charge in [-0.25, -0.2) is 4.98 Å². The number of H-pyrrole nitrogens is 1. The first-order valence-electron chi connectivity index (χ1n) is 8.70. The van der Waals surface area contributed by atoms with E-state index >= 15 is 0 Å². The summed E-state index contributed by atoms with van der Waals surface area (Å²) in [7, 11) is 0. The van der Waals surface area contributed by atoms with Crippen LogP contribution in [0, 0.1) is 0 Å². The molecule has 1 fully saturated rings. The molecule has 24 heavy (non-hydrogen) atoms. The maximum atomic E-state index is 12.5. The minimum absolute atomic E-state index is 0.00121. The van der Waals surface area contributed by atoms with Crippen LogP contribution in [-0.4, -0.2) is 21.2 Å². The van der Waals surface area contributed by atoms with Gasteiger partial charge in [0.2, 0.25) is 0 Å². The number of rotatable bonds is 3. The third kappa shape index (κ3) is 3.24. The summed E-state index contributed by atoms with van der Waals surface area (Å²) in [6, 6.07) is 0.385. The van der Waals surface area contributed by atoms with Crippen LogP contribution in [0.15, 0.2) is 9.79 Å². The summed E-state index contributed by atoms with van der Waals surface area (Å²) in [5, 5.41) is 1.42. The van der Waals surface area contributed by atoms with E-state index in [2.05, 4.69) is 15.0 Å². The second-order valence-corrected chi connectivity index (χ2v) is 8.68. The van der Waals surface area contributed by atoms with Gasteiger partial charge in [-0.1, -0.05) is 24.6 Å². The Bertz CT molecular complexity index is 833. The van der Waals surface area contributed by atoms with Crippen LogP contribution in [0.2, 0.25) is 0 Å². The number of aromatic nitrogens is 2. The molecule has 1 saturated carbocycles. The van der Waals surface area contributed by atoms with Gasteiger partial charge >= 0.3 is 0 Å². The van der Waals surface area contributed by atoms with Crippen LogP contribution in [0.4, 0.5) is 0 Å². The van der Waals surface area contributed by atoms with Crippen molar-refractivity contribution in [3.63, 3.8) is 0 Å². The van der Waals surface area contributed by atoms with Crippen molar-refractivity contribution in [2.24, 2.45) is 10.7 Å². The Morgan fingerprint density at radius 3 is 2.92 bits per heavy atom. The van der Waals surface area contributed by atoms with Gasteiger partial charge in [0.25, 0.3) is 5.56 Å². The number of nitrogens with zero attached hydrogens (tertiary/aromatic N) is 2. The van der Waals surface area contributed by atoms with E-state index in [1.54, 1.807) is 11.3 Å². The number of amidine groups is 1. The summed E-state index contributed by atoms with van der Waals surface area (Å²) in [6.07, 6.45) is 9.27. The molecule has 4 rings (SSSR count). The Labute approximate surface area is 149 Å². The van der Waals surface area contributed by atoms with Gasteiger partial charge in [-0.05, 0) is 44.1 Å². The molecular formula is C17H22N4OS2. The molecule has 0 bridgehead atoms. The second kappa shape index (κ2) is 6.88. The molecular weight excluding hydrogens is 340 g/mol. The summed E-state index contributed by atoms with van der Waals surface area (Å²) in [6.45, 7) is 0. The average molecular weight is 363 g/mol. The van der Waals surface area contributed by atoms with Gasteiger partial charge in [-0.3, -0.25) is 9.79 Å². The fourth-order valence-electron chi connectivity index (χ4n) is 3.67. The van der Waals surface area contributed by atoms with E-state index in [1.165, 1.54) is 47.9 Å². The number of hydrogen-bond donors (Lipinski definition) is 2. The molecule has 0 aliphatic heterocycles. The topological polar surface area (TPSA) is 84.1 Å². The Balaban J connectivity index is 1.53. The van der Waals surface area contributed by atoms with Crippen LogP contribution in [0.5, 0.6) is 0 Å². The van der Waals surface area contributed by atoms with Crippen molar-refractivity contribution in [3.05, 3.63) is 26.6 Å². The number of thiophene rings is 1. The number of aromatic amines is 1. The van der Waals surface area contributed by atoms with Crippen molar-refractivity contribution < 1.29 is 0 Å². The molecule has 0 aromatic carbocycles. The SMILES string of the molecule is NC(=NC1CCCC1)SCc1nc2sc3c(c2c(=O)[nH]1)CCCC3. The molecule has 0 atom stereocenters. The number of fused-ring (bicyclic) bond motifs is 3. The molecule has 2 aromatic heterocycles.